The van der Waals surface area contributed by atoms with Gasteiger partial charge in [-0.15, -0.1) is 0 Å². The first kappa shape index (κ1) is 9.64. The van der Waals surface area contributed by atoms with Crippen molar-refractivity contribution in [2.24, 2.45) is 5.73 Å². The van der Waals surface area contributed by atoms with E-state index < -0.39 is 0 Å². The minimum atomic E-state index is 0.268. The Kier molecular flexibility index (Phi) is 2.23. The van der Waals surface area contributed by atoms with E-state index >= 15 is 0 Å². The molecule has 4 atom stereocenters. The molecule has 0 spiro atoms. The van der Waals surface area contributed by atoms with Gasteiger partial charge in [-0.25, -0.2) is 0 Å². The van der Waals surface area contributed by atoms with Gasteiger partial charge in [-0.3, -0.25) is 0 Å². The first-order chi connectivity index (χ1) is 7.25. The maximum atomic E-state index is 6.24. The molecule has 80 valence electrons. The van der Waals surface area contributed by atoms with Gasteiger partial charge in [0.25, 0.3) is 0 Å². The number of fused-ring (bicyclic) bond motifs is 2. The molecular formula is C12H15ClN2. The van der Waals surface area contributed by atoms with Gasteiger partial charge >= 0.3 is 0 Å². The van der Waals surface area contributed by atoms with Crippen LogP contribution in [0.5, 0.6) is 0 Å². The van der Waals surface area contributed by atoms with Crippen LogP contribution in [0.2, 0.25) is 5.02 Å². The smallest absolute Gasteiger partial charge is 0.0406 e. The van der Waals surface area contributed by atoms with E-state index in [1.54, 1.807) is 0 Å². The van der Waals surface area contributed by atoms with E-state index in [4.69, 9.17) is 17.3 Å². The lowest BCUT2D eigenvalue weighted by Crippen LogP contribution is -2.38. The molecule has 2 heterocycles. The van der Waals surface area contributed by atoms with E-state index in [0.717, 1.165) is 5.02 Å². The summed E-state index contributed by atoms with van der Waals surface area (Å²) in [7, 11) is 0. The van der Waals surface area contributed by atoms with E-state index in [1.165, 1.54) is 18.4 Å². The molecule has 0 saturated carbocycles. The number of nitrogens with two attached hydrogens (primary N) is 1. The van der Waals surface area contributed by atoms with Crippen LogP contribution < -0.4 is 11.1 Å². The summed E-state index contributed by atoms with van der Waals surface area (Å²) in [5.74, 6) is 0.473. The van der Waals surface area contributed by atoms with Gasteiger partial charge in [-0.05, 0) is 30.5 Å². The van der Waals surface area contributed by atoms with Crippen molar-refractivity contribution in [1.82, 2.24) is 5.32 Å². The van der Waals surface area contributed by atoms with Crippen molar-refractivity contribution in [3.05, 3.63) is 34.9 Å². The largest absolute Gasteiger partial charge is 0.326 e. The zero-order chi connectivity index (χ0) is 10.4. The van der Waals surface area contributed by atoms with Crippen LogP contribution in [0.1, 0.15) is 24.3 Å². The lowest BCUT2D eigenvalue weighted by Gasteiger charge is -2.26. The van der Waals surface area contributed by atoms with Crippen LogP contribution in [-0.4, -0.2) is 18.1 Å². The quantitative estimate of drug-likeness (QED) is 0.762. The number of hydrogen-bond acceptors (Lipinski definition) is 2. The highest BCUT2D eigenvalue weighted by atomic mass is 35.5. The normalized spacial score (nSPS) is 38.5. The molecule has 1 aromatic rings. The van der Waals surface area contributed by atoms with E-state index in [9.17, 15) is 0 Å². The van der Waals surface area contributed by atoms with Gasteiger partial charge in [0.05, 0.1) is 0 Å². The Balaban J connectivity index is 1.91. The molecule has 3 heteroatoms. The summed E-state index contributed by atoms with van der Waals surface area (Å²) in [4.78, 5) is 0. The van der Waals surface area contributed by atoms with E-state index in [1.807, 2.05) is 12.1 Å². The van der Waals surface area contributed by atoms with Crippen LogP contribution in [-0.2, 0) is 0 Å². The molecule has 3 rings (SSSR count). The zero-order valence-corrected chi connectivity index (χ0v) is 9.24. The van der Waals surface area contributed by atoms with Gasteiger partial charge in [-0.2, -0.15) is 0 Å². The molecule has 2 aliphatic rings. The van der Waals surface area contributed by atoms with Crippen LogP contribution in [0.25, 0.3) is 0 Å². The highest BCUT2D eigenvalue weighted by Crippen LogP contribution is 2.39. The summed E-state index contributed by atoms with van der Waals surface area (Å²) < 4.78 is 0. The van der Waals surface area contributed by atoms with Gasteiger partial charge < -0.3 is 11.1 Å². The Morgan fingerprint density at radius 2 is 1.80 bits per heavy atom. The summed E-state index contributed by atoms with van der Waals surface area (Å²) in [6.07, 6.45) is 2.49. The molecule has 2 bridgehead atoms. The van der Waals surface area contributed by atoms with E-state index in [0.29, 0.717) is 18.0 Å². The average Bonchev–Trinajstić information content (AvgIpc) is 2.80. The molecule has 2 aliphatic heterocycles. The Morgan fingerprint density at radius 1 is 1.13 bits per heavy atom. The van der Waals surface area contributed by atoms with Gasteiger partial charge in [-0.1, -0.05) is 23.7 Å². The van der Waals surface area contributed by atoms with Gasteiger partial charge in [0.15, 0.2) is 0 Å². The third-order valence-electron chi connectivity index (χ3n) is 3.78. The number of nitrogens with one attached hydrogen (secondary N) is 1. The number of rotatable bonds is 1. The molecule has 3 N–H and O–H groups in total. The molecule has 2 fully saturated rings. The van der Waals surface area contributed by atoms with Gasteiger partial charge in [0.2, 0.25) is 0 Å². The third-order valence-corrected chi connectivity index (χ3v) is 4.04. The number of hydrogen-bond donors (Lipinski definition) is 2. The maximum absolute atomic E-state index is 6.24. The minimum absolute atomic E-state index is 0.268. The predicted molar refractivity (Wildman–Crippen MR) is 62.1 cm³/mol. The number of benzene rings is 1. The summed E-state index contributed by atoms with van der Waals surface area (Å²) in [5.41, 5.74) is 7.56. The summed E-state index contributed by atoms with van der Waals surface area (Å²) in [6.45, 7) is 0. The highest BCUT2D eigenvalue weighted by molar-refractivity contribution is 6.30. The topological polar surface area (TPSA) is 38.0 Å². The van der Waals surface area contributed by atoms with E-state index in [2.05, 4.69) is 17.4 Å². The van der Waals surface area contributed by atoms with Crippen LogP contribution in [0, 0.1) is 0 Å². The maximum Gasteiger partial charge on any atom is 0.0406 e. The first-order valence-corrected chi connectivity index (χ1v) is 5.90. The highest BCUT2D eigenvalue weighted by Gasteiger charge is 2.45. The molecule has 4 unspecified atom stereocenters. The van der Waals surface area contributed by atoms with E-state index in [-0.39, 0.29) is 6.04 Å². The van der Waals surface area contributed by atoms with Crippen molar-refractivity contribution in [3.63, 3.8) is 0 Å². The second-order valence-electron chi connectivity index (χ2n) is 4.61. The average molecular weight is 223 g/mol. The fraction of sp³-hybridized carbons (Fsp3) is 0.500. The first-order valence-electron chi connectivity index (χ1n) is 5.53. The van der Waals surface area contributed by atoms with Gasteiger partial charge in [0, 0.05) is 29.1 Å². The Morgan fingerprint density at radius 3 is 2.40 bits per heavy atom. The molecule has 1 aromatic carbocycles. The molecule has 2 saturated heterocycles. The molecule has 0 radical (unpaired) electrons. The lowest BCUT2D eigenvalue weighted by atomic mass is 9.80. The molecular weight excluding hydrogens is 208 g/mol. The lowest BCUT2D eigenvalue weighted by molar-refractivity contribution is 0.444. The van der Waals surface area contributed by atoms with Crippen LogP contribution in [0.4, 0.5) is 0 Å². The molecule has 0 amide bonds. The fourth-order valence-electron chi connectivity index (χ4n) is 3.05. The minimum Gasteiger partial charge on any atom is -0.326 e. The number of halogens is 1. The van der Waals surface area contributed by atoms with Crippen molar-refractivity contribution in [3.8, 4) is 0 Å². The summed E-state index contributed by atoms with van der Waals surface area (Å²) >= 11 is 5.89. The summed E-state index contributed by atoms with van der Waals surface area (Å²) in [6, 6.07) is 9.49. The van der Waals surface area contributed by atoms with Gasteiger partial charge in [0.1, 0.15) is 0 Å². The Hall–Kier alpha value is -0.570. The second kappa shape index (κ2) is 3.48. The zero-order valence-electron chi connectivity index (χ0n) is 8.49. The second-order valence-corrected chi connectivity index (χ2v) is 5.05. The van der Waals surface area contributed by atoms with Crippen molar-refractivity contribution >= 4 is 11.6 Å². The third kappa shape index (κ3) is 1.48. The summed E-state index contributed by atoms with van der Waals surface area (Å²) in [5, 5.41) is 4.38. The van der Waals surface area contributed by atoms with Crippen LogP contribution >= 0.6 is 11.6 Å². The van der Waals surface area contributed by atoms with Crippen molar-refractivity contribution < 1.29 is 0 Å². The molecule has 0 aliphatic carbocycles. The molecule has 15 heavy (non-hydrogen) atoms. The van der Waals surface area contributed by atoms with Crippen molar-refractivity contribution in [2.75, 3.05) is 0 Å². The Labute approximate surface area is 94.8 Å². The molecule has 0 aromatic heterocycles. The van der Waals surface area contributed by atoms with Crippen molar-refractivity contribution in [1.29, 1.82) is 0 Å². The monoisotopic (exact) mass is 222 g/mol. The van der Waals surface area contributed by atoms with Crippen LogP contribution in [0.3, 0.4) is 0 Å². The standard InChI is InChI=1S/C12H15ClN2/c13-8-3-1-7(2-4-8)11-9-5-6-10(15-9)12(11)14/h1-4,9-12,15H,5-6,14H2. The Bertz CT molecular complexity index is 360. The van der Waals surface area contributed by atoms with Crippen LogP contribution in [0.15, 0.2) is 24.3 Å². The van der Waals surface area contributed by atoms with Crippen molar-refractivity contribution in [2.45, 2.75) is 36.9 Å². The SMILES string of the molecule is NC1C2CCC(N2)C1c1ccc(Cl)cc1. The fourth-order valence-corrected chi connectivity index (χ4v) is 3.17. The predicted octanol–water partition coefficient (Wildman–Crippen LogP) is 1.89. The molecule has 2 nitrogen and oxygen atoms in total.